The molecule has 1 saturated carbocycles. The second kappa shape index (κ2) is 5.58. The fourth-order valence-corrected chi connectivity index (χ4v) is 3.97. The van der Waals surface area contributed by atoms with Crippen molar-refractivity contribution >= 4 is 22.9 Å². The number of benzene rings is 1. The molecule has 1 amide bonds. The van der Waals surface area contributed by atoms with Gasteiger partial charge in [-0.1, -0.05) is 6.07 Å². The molecule has 24 heavy (non-hydrogen) atoms. The number of hydrogen-bond donors (Lipinski definition) is 0. The van der Waals surface area contributed by atoms with E-state index in [1.165, 1.54) is 0 Å². The number of fused-ring (bicyclic) bond motifs is 1. The van der Waals surface area contributed by atoms with Crippen LogP contribution in [0.1, 0.15) is 37.7 Å². The maximum Gasteiger partial charge on any atom is 0.307 e. The molecule has 2 aliphatic rings. The molecule has 7 nitrogen and oxygen atoms in total. The predicted molar refractivity (Wildman–Crippen MR) is 83.7 cm³/mol. The Morgan fingerprint density at radius 3 is 2.83 bits per heavy atom. The van der Waals surface area contributed by atoms with Crippen LogP contribution in [0.4, 0.5) is 0 Å². The lowest BCUT2D eigenvalue weighted by Crippen LogP contribution is -2.43. The number of nitrogens with zero attached hydrogens (tertiary/aromatic N) is 3. The zero-order valence-electron chi connectivity index (χ0n) is 13.5. The van der Waals surface area contributed by atoms with Gasteiger partial charge in [-0.2, -0.15) is 0 Å². The molecule has 0 N–H and O–H groups in total. The van der Waals surface area contributed by atoms with E-state index in [0.717, 1.165) is 31.2 Å². The summed E-state index contributed by atoms with van der Waals surface area (Å²) in [4.78, 5) is 26.4. The molecular weight excluding hydrogens is 310 g/mol. The van der Waals surface area contributed by atoms with Gasteiger partial charge in [-0.3, -0.25) is 9.59 Å². The lowest BCUT2D eigenvalue weighted by molar-refractivity contribution is -0.151. The number of carbonyl (C=O) groups excluding carboxylic acids is 2. The van der Waals surface area contributed by atoms with E-state index in [4.69, 9.17) is 9.37 Å². The number of esters is 1. The van der Waals surface area contributed by atoms with Crippen LogP contribution in [0.2, 0.25) is 0 Å². The molecule has 4 rings (SSSR count). The third-order valence-corrected chi connectivity index (χ3v) is 5.19. The van der Waals surface area contributed by atoms with Gasteiger partial charge in [0.1, 0.15) is 16.6 Å². The highest BCUT2D eigenvalue weighted by Gasteiger charge is 2.54. The van der Waals surface area contributed by atoms with Crippen LogP contribution in [0, 0.1) is 5.92 Å². The molecule has 2 heterocycles. The van der Waals surface area contributed by atoms with Crippen molar-refractivity contribution in [2.24, 2.45) is 5.92 Å². The van der Waals surface area contributed by atoms with Gasteiger partial charge in [0.2, 0.25) is 5.91 Å². The average Bonchev–Trinajstić information content (AvgIpc) is 3.27. The van der Waals surface area contributed by atoms with Crippen molar-refractivity contribution in [3.05, 3.63) is 23.8 Å². The highest BCUT2D eigenvalue weighted by atomic mass is 16.6. The van der Waals surface area contributed by atoms with Crippen molar-refractivity contribution in [1.82, 2.24) is 15.2 Å². The number of hydrogen-bond acceptors (Lipinski definition) is 6. The Bertz CT molecular complexity index is 794. The second-order valence-corrected chi connectivity index (χ2v) is 6.78. The first-order valence-corrected chi connectivity index (χ1v) is 8.25. The fourth-order valence-electron chi connectivity index (χ4n) is 3.97. The minimum atomic E-state index is -0.567. The predicted octanol–water partition coefficient (Wildman–Crippen LogP) is 2.06. The summed E-state index contributed by atoms with van der Waals surface area (Å²) in [6.45, 7) is 0.447. The van der Waals surface area contributed by atoms with E-state index in [-0.39, 0.29) is 24.2 Å². The van der Waals surface area contributed by atoms with E-state index in [2.05, 4.69) is 10.3 Å². The van der Waals surface area contributed by atoms with Crippen molar-refractivity contribution < 1.29 is 19.0 Å². The monoisotopic (exact) mass is 329 g/mol. The molecule has 1 saturated heterocycles. The van der Waals surface area contributed by atoms with Gasteiger partial charge in [-0.15, -0.1) is 0 Å². The van der Waals surface area contributed by atoms with Crippen molar-refractivity contribution in [2.75, 3.05) is 7.05 Å². The Hall–Kier alpha value is -2.44. The number of aromatic nitrogens is 2. The minimum absolute atomic E-state index is 0.0267. The lowest BCUT2D eigenvalue weighted by atomic mass is 9.84. The van der Waals surface area contributed by atoms with Gasteiger partial charge in [0, 0.05) is 13.6 Å². The molecule has 1 aromatic heterocycles. The number of rotatable bonds is 3. The molecular formula is C17H19N3O4. The molecule has 1 aromatic carbocycles. The third kappa shape index (κ3) is 2.44. The summed E-state index contributed by atoms with van der Waals surface area (Å²) in [5, 5.41) is 7.60. The first kappa shape index (κ1) is 15.1. The summed E-state index contributed by atoms with van der Waals surface area (Å²) in [7, 11) is 1.76. The number of ether oxygens (including phenoxy) is 1. The van der Waals surface area contributed by atoms with Gasteiger partial charge in [0.05, 0.1) is 12.3 Å². The van der Waals surface area contributed by atoms with Crippen LogP contribution in [0.15, 0.2) is 22.8 Å². The first-order valence-electron chi connectivity index (χ1n) is 8.25. The topological polar surface area (TPSA) is 85.5 Å². The molecule has 0 bridgehead atoms. The lowest BCUT2D eigenvalue weighted by Gasteiger charge is -2.31. The fraction of sp³-hybridized carbons (Fsp3) is 0.529. The summed E-state index contributed by atoms with van der Waals surface area (Å²) in [6.07, 6.45) is 3.79. The Kier molecular flexibility index (Phi) is 3.51. The van der Waals surface area contributed by atoms with Crippen molar-refractivity contribution in [3.8, 4) is 0 Å². The van der Waals surface area contributed by atoms with Gasteiger partial charge in [-0.25, -0.2) is 4.63 Å². The number of carbonyl (C=O) groups is 2. The van der Waals surface area contributed by atoms with Gasteiger partial charge in [0.25, 0.3) is 0 Å². The van der Waals surface area contributed by atoms with E-state index < -0.39 is 5.60 Å². The van der Waals surface area contributed by atoms with Crippen molar-refractivity contribution in [2.45, 2.75) is 44.2 Å². The molecule has 0 radical (unpaired) electrons. The van der Waals surface area contributed by atoms with Crippen LogP contribution in [-0.4, -0.2) is 39.7 Å². The quantitative estimate of drug-likeness (QED) is 0.801. The van der Waals surface area contributed by atoms with Gasteiger partial charge in [0.15, 0.2) is 0 Å². The molecule has 7 heteroatoms. The average molecular weight is 329 g/mol. The molecule has 126 valence electrons. The van der Waals surface area contributed by atoms with Crippen LogP contribution in [-0.2, 0) is 20.9 Å². The summed E-state index contributed by atoms with van der Waals surface area (Å²) >= 11 is 0. The van der Waals surface area contributed by atoms with Crippen molar-refractivity contribution in [3.63, 3.8) is 0 Å². The van der Waals surface area contributed by atoms with Gasteiger partial charge >= 0.3 is 5.97 Å². The molecule has 2 fully saturated rings. The van der Waals surface area contributed by atoms with Gasteiger partial charge < -0.3 is 9.64 Å². The van der Waals surface area contributed by atoms with E-state index in [1.54, 1.807) is 11.9 Å². The molecule has 2 aromatic rings. The second-order valence-electron chi connectivity index (χ2n) is 6.78. The third-order valence-electron chi connectivity index (χ3n) is 5.19. The molecule has 1 atom stereocenters. The number of amides is 1. The zero-order chi connectivity index (χ0) is 16.7. The van der Waals surface area contributed by atoms with Crippen LogP contribution < -0.4 is 0 Å². The Labute approximate surface area is 138 Å². The smallest absolute Gasteiger partial charge is 0.307 e. The zero-order valence-corrected chi connectivity index (χ0v) is 13.5. The summed E-state index contributed by atoms with van der Waals surface area (Å²) < 4.78 is 10.3. The standard InChI is InChI=1S/C17H19N3O4/c1-20(10-11-4-5-13-14(8-11)19-24-18-13)16(22)12-9-15(21)23-17(12)6-2-3-7-17/h4-5,8,12H,2-3,6-7,9-10H2,1H3/t12-/m1/s1. The largest absolute Gasteiger partial charge is 0.458 e. The molecule has 0 unspecified atom stereocenters. The summed E-state index contributed by atoms with van der Waals surface area (Å²) in [5.74, 6) is -0.644. The van der Waals surface area contributed by atoms with Crippen molar-refractivity contribution in [1.29, 1.82) is 0 Å². The van der Waals surface area contributed by atoms with E-state index >= 15 is 0 Å². The van der Waals surface area contributed by atoms with E-state index in [0.29, 0.717) is 17.6 Å². The van der Waals surface area contributed by atoms with E-state index in [9.17, 15) is 9.59 Å². The molecule has 1 aliphatic carbocycles. The summed E-state index contributed by atoms with van der Waals surface area (Å²) in [6, 6.07) is 5.58. The highest BCUT2D eigenvalue weighted by molar-refractivity contribution is 5.88. The Balaban J connectivity index is 1.51. The maximum atomic E-state index is 12.9. The SMILES string of the molecule is CN(Cc1ccc2nonc2c1)C(=O)[C@H]1CC(=O)OC12CCCC2. The molecule has 1 aliphatic heterocycles. The maximum absolute atomic E-state index is 12.9. The minimum Gasteiger partial charge on any atom is -0.458 e. The first-order chi connectivity index (χ1) is 11.6. The highest BCUT2D eigenvalue weighted by Crippen LogP contribution is 2.46. The van der Waals surface area contributed by atoms with Crippen LogP contribution in [0.3, 0.4) is 0 Å². The normalized spacial score (nSPS) is 22.2. The Morgan fingerprint density at radius 2 is 2.04 bits per heavy atom. The van der Waals surface area contributed by atoms with Crippen LogP contribution in [0.25, 0.3) is 11.0 Å². The molecule has 1 spiro atoms. The van der Waals surface area contributed by atoms with E-state index in [1.807, 2.05) is 18.2 Å². The Morgan fingerprint density at radius 1 is 1.29 bits per heavy atom. The van der Waals surface area contributed by atoms with Crippen LogP contribution in [0.5, 0.6) is 0 Å². The van der Waals surface area contributed by atoms with Gasteiger partial charge in [-0.05, 0) is 53.7 Å². The van der Waals surface area contributed by atoms with Crippen LogP contribution >= 0.6 is 0 Å². The summed E-state index contributed by atoms with van der Waals surface area (Å²) in [5.41, 5.74) is 1.73.